The molecule has 0 radical (unpaired) electrons. The normalized spacial score (nSPS) is 21.0. The number of likely N-dealkylation sites (N-methyl/N-ethyl adjacent to an activating group) is 1. The second-order valence-corrected chi connectivity index (χ2v) is 3.93. The van der Waals surface area contributed by atoms with Gasteiger partial charge in [0.25, 0.3) is 0 Å². The van der Waals surface area contributed by atoms with E-state index in [0.29, 0.717) is 6.10 Å². The minimum atomic E-state index is 0.320. The molecule has 2 rings (SSSR count). The quantitative estimate of drug-likeness (QED) is 0.792. The Bertz CT molecular complexity index is 293. The molecule has 15 heavy (non-hydrogen) atoms. The number of nitrogens with one attached hydrogen (secondary N) is 1. The summed E-state index contributed by atoms with van der Waals surface area (Å²) in [6.07, 6.45) is 6.11. The van der Waals surface area contributed by atoms with Gasteiger partial charge in [0.15, 0.2) is 5.89 Å². The maximum atomic E-state index is 5.53. The van der Waals surface area contributed by atoms with E-state index in [1.54, 1.807) is 6.26 Å². The van der Waals surface area contributed by atoms with Crippen molar-refractivity contribution in [3.63, 3.8) is 0 Å². The average Bonchev–Trinajstić information content (AvgIpc) is 2.87. The molecule has 0 aromatic carbocycles. The van der Waals surface area contributed by atoms with Crippen molar-refractivity contribution in [2.24, 2.45) is 0 Å². The van der Waals surface area contributed by atoms with E-state index in [-0.39, 0.29) is 0 Å². The van der Waals surface area contributed by atoms with E-state index in [2.05, 4.69) is 10.3 Å². The summed E-state index contributed by atoms with van der Waals surface area (Å²) in [6, 6.07) is 0. The van der Waals surface area contributed by atoms with Gasteiger partial charge in [0, 0.05) is 19.6 Å². The third kappa shape index (κ3) is 3.04. The van der Waals surface area contributed by atoms with Crippen LogP contribution in [-0.2, 0) is 17.6 Å². The zero-order chi connectivity index (χ0) is 10.5. The first-order valence-electron chi connectivity index (χ1n) is 5.58. The number of hydrogen-bond donors (Lipinski definition) is 1. The van der Waals surface area contributed by atoms with E-state index in [1.807, 2.05) is 7.05 Å². The second kappa shape index (κ2) is 5.28. The number of rotatable bonds is 5. The summed E-state index contributed by atoms with van der Waals surface area (Å²) < 4.78 is 10.9. The van der Waals surface area contributed by atoms with Crippen LogP contribution in [0.1, 0.15) is 24.4 Å². The topological polar surface area (TPSA) is 47.3 Å². The molecule has 1 fully saturated rings. The summed E-state index contributed by atoms with van der Waals surface area (Å²) in [4.78, 5) is 4.42. The Labute approximate surface area is 90.0 Å². The van der Waals surface area contributed by atoms with E-state index < -0.39 is 0 Å². The first-order valence-corrected chi connectivity index (χ1v) is 5.58. The van der Waals surface area contributed by atoms with Gasteiger partial charge in [-0.1, -0.05) is 0 Å². The van der Waals surface area contributed by atoms with E-state index >= 15 is 0 Å². The van der Waals surface area contributed by atoms with Crippen LogP contribution in [0.4, 0.5) is 0 Å². The Morgan fingerprint density at radius 1 is 1.60 bits per heavy atom. The molecule has 84 valence electrons. The van der Waals surface area contributed by atoms with Gasteiger partial charge in [-0.2, -0.15) is 0 Å². The van der Waals surface area contributed by atoms with Gasteiger partial charge in [-0.15, -0.1) is 0 Å². The molecule has 1 aliphatic heterocycles. The molecule has 0 amide bonds. The van der Waals surface area contributed by atoms with Crippen molar-refractivity contribution in [2.45, 2.75) is 31.8 Å². The predicted octanol–water partition coefficient (Wildman–Crippen LogP) is 1.16. The minimum absolute atomic E-state index is 0.320. The molecule has 1 unspecified atom stereocenters. The molecule has 1 atom stereocenters. The van der Waals surface area contributed by atoms with Crippen LogP contribution < -0.4 is 5.32 Å². The average molecular weight is 210 g/mol. The molecule has 1 saturated heterocycles. The lowest BCUT2D eigenvalue weighted by molar-refractivity contribution is 0.106. The summed E-state index contributed by atoms with van der Waals surface area (Å²) in [7, 11) is 1.94. The van der Waals surface area contributed by atoms with Gasteiger partial charge >= 0.3 is 0 Å². The molecule has 1 aromatic heterocycles. The molecule has 0 aliphatic carbocycles. The Hall–Kier alpha value is -0.870. The minimum Gasteiger partial charge on any atom is -0.449 e. The summed E-state index contributed by atoms with van der Waals surface area (Å²) in [5, 5.41) is 3.09. The van der Waals surface area contributed by atoms with E-state index in [0.717, 1.165) is 50.4 Å². The molecule has 1 aliphatic rings. The van der Waals surface area contributed by atoms with Gasteiger partial charge in [-0.3, -0.25) is 0 Å². The second-order valence-electron chi connectivity index (χ2n) is 3.93. The van der Waals surface area contributed by atoms with E-state index in [4.69, 9.17) is 9.15 Å². The van der Waals surface area contributed by atoms with Crippen LogP contribution in [0.2, 0.25) is 0 Å². The van der Waals surface area contributed by atoms with Gasteiger partial charge in [0.2, 0.25) is 0 Å². The highest BCUT2D eigenvalue weighted by Crippen LogP contribution is 2.16. The van der Waals surface area contributed by atoms with Crippen molar-refractivity contribution in [3.8, 4) is 0 Å². The van der Waals surface area contributed by atoms with Gasteiger partial charge < -0.3 is 14.5 Å². The maximum absolute atomic E-state index is 5.53. The highest BCUT2D eigenvalue weighted by Gasteiger charge is 2.18. The lowest BCUT2D eigenvalue weighted by Gasteiger charge is -2.04. The van der Waals surface area contributed by atoms with Crippen LogP contribution >= 0.6 is 0 Å². The Kier molecular flexibility index (Phi) is 3.75. The number of oxazole rings is 1. The molecule has 1 aromatic rings. The lowest BCUT2D eigenvalue weighted by atomic mass is 10.2. The predicted molar refractivity (Wildman–Crippen MR) is 56.8 cm³/mol. The van der Waals surface area contributed by atoms with Crippen LogP contribution in [0.3, 0.4) is 0 Å². The molecule has 0 spiro atoms. The summed E-state index contributed by atoms with van der Waals surface area (Å²) >= 11 is 0. The van der Waals surface area contributed by atoms with Crippen LogP contribution in [0, 0.1) is 0 Å². The third-order valence-corrected chi connectivity index (χ3v) is 2.66. The van der Waals surface area contributed by atoms with Crippen LogP contribution in [0.15, 0.2) is 10.7 Å². The highest BCUT2D eigenvalue weighted by atomic mass is 16.5. The van der Waals surface area contributed by atoms with Gasteiger partial charge in [0.1, 0.15) is 6.26 Å². The number of aromatic nitrogens is 1. The molecule has 0 saturated carbocycles. The SMILES string of the molecule is CNCCc1coc(CC2CCCO2)n1. The highest BCUT2D eigenvalue weighted by molar-refractivity contribution is 4.98. The summed E-state index contributed by atoms with van der Waals surface area (Å²) in [5.41, 5.74) is 1.03. The van der Waals surface area contributed by atoms with Crippen molar-refractivity contribution in [1.29, 1.82) is 0 Å². The standard InChI is InChI=1S/C11H18N2O2/c1-12-5-4-9-8-15-11(13-9)7-10-3-2-6-14-10/h8,10,12H,2-7H2,1H3. The maximum Gasteiger partial charge on any atom is 0.196 e. The van der Waals surface area contributed by atoms with Crippen LogP contribution in [0.25, 0.3) is 0 Å². The first-order chi connectivity index (χ1) is 7.38. The smallest absolute Gasteiger partial charge is 0.196 e. The zero-order valence-electron chi connectivity index (χ0n) is 9.16. The Morgan fingerprint density at radius 3 is 3.27 bits per heavy atom. The van der Waals surface area contributed by atoms with Gasteiger partial charge in [0.05, 0.1) is 18.2 Å². The van der Waals surface area contributed by atoms with E-state index in [1.165, 1.54) is 0 Å². The first kappa shape index (κ1) is 10.6. The molecular formula is C11H18N2O2. The summed E-state index contributed by atoms with van der Waals surface area (Å²) in [5.74, 6) is 0.813. The van der Waals surface area contributed by atoms with E-state index in [9.17, 15) is 0 Å². The molecule has 0 bridgehead atoms. The van der Waals surface area contributed by atoms with Crippen molar-refractivity contribution in [3.05, 3.63) is 17.8 Å². The molecule has 2 heterocycles. The van der Waals surface area contributed by atoms with Gasteiger partial charge in [-0.25, -0.2) is 4.98 Å². The summed E-state index contributed by atoms with van der Waals surface area (Å²) in [6.45, 7) is 1.82. The largest absolute Gasteiger partial charge is 0.449 e. The monoisotopic (exact) mass is 210 g/mol. The lowest BCUT2D eigenvalue weighted by Crippen LogP contribution is -2.11. The van der Waals surface area contributed by atoms with Gasteiger partial charge in [-0.05, 0) is 19.9 Å². The van der Waals surface area contributed by atoms with Crippen LogP contribution in [0.5, 0.6) is 0 Å². The molecule has 4 nitrogen and oxygen atoms in total. The van der Waals surface area contributed by atoms with Crippen molar-refractivity contribution in [1.82, 2.24) is 10.3 Å². The molecule has 1 N–H and O–H groups in total. The number of ether oxygens (including phenoxy) is 1. The Morgan fingerprint density at radius 2 is 2.53 bits per heavy atom. The van der Waals surface area contributed by atoms with Crippen molar-refractivity contribution in [2.75, 3.05) is 20.2 Å². The zero-order valence-corrected chi connectivity index (χ0v) is 9.16. The fourth-order valence-corrected chi connectivity index (χ4v) is 1.81. The fourth-order valence-electron chi connectivity index (χ4n) is 1.81. The fraction of sp³-hybridized carbons (Fsp3) is 0.727. The molecule has 4 heteroatoms. The number of hydrogen-bond acceptors (Lipinski definition) is 4. The number of nitrogens with zero attached hydrogens (tertiary/aromatic N) is 1. The van der Waals surface area contributed by atoms with Crippen molar-refractivity contribution >= 4 is 0 Å². The Balaban J connectivity index is 1.83. The van der Waals surface area contributed by atoms with Crippen molar-refractivity contribution < 1.29 is 9.15 Å². The van der Waals surface area contributed by atoms with Crippen LogP contribution in [-0.4, -0.2) is 31.3 Å². The molecular weight excluding hydrogens is 192 g/mol. The third-order valence-electron chi connectivity index (χ3n) is 2.66.